The van der Waals surface area contributed by atoms with Gasteiger partial charge in [-0.3, -0.25) is 14.4 Å². The van der Waals surface area contributed by atoms with Crippen LogP contribution in [0.25, 0.3) is 0 Å². The quantitative estimate of drug-likeness (QED) is 0.180. The lowest BCUT2D eigenvalue weighted by molar-refractivity contribution is 0.0936. The van der Waals surface area contributed by atoms with E-state index in [-0.39, 0.29) is 17.7 Å². The van der Waals surface area contributed by atoms with E-state index in [9.17, 15) is 14.4 Å². The Kier molecular flexibility index (Phi) is 13.3. The molecule has 2 fully saturated rings. The van der Waals surface area contributed by atoms with E-state index >= 15 is 0 Å². The van der Waals surface area contributed by atoms with Gasteiger partial charge >= 0.3 is 0 Å². The van der Waals surface area contributed by atoms with E-state index in [1.54, 1.807) is 42.5 Å². The molecule has 0 heterocycles. The van der Waals surface area contributed by atoms with E-state index in [2.05, 4.69) is 16.0 Å². The first-order valence-electron chi connectivity index (χ1n) is 16.4. The van der Waals surface area contributed by atoms with E-state index in [0.29, 0.717) is 56.5 Å². The molecule has 0 aliphatic heterocycles. The summed E-state index contributed by atoms with van der Waals surface area (Å²) in [4.78, 5) is 37.6. The normalized spacial score (nSPS) is 15.3. The number of carbonyl (C=O) groups is 3. The molecule has 246 valence electrons. The van der Waals surface area contributed by atoms with Gasteiger partial charge in [-0.2, -0.15) is 0 Å². The second-order valence-corrected chi connectivity index (χ2v) is 13.4. The molecule has 5 N–H and O–H groups in total. The zero-order chi connectivity index (χ0) is 33.1. The van der Waals surface area contributed by atoms with Crippen LogP contribution in [0, 0.1) is 25.7 Å². The molecule has 2 aliphatic carbocycles. The molecule has 7 nitrogen and oxygen atoms in total. The molecule has 3 aromatic carbocycles. The summed E-state index contributed by atoms with van der Waals surface area (Å²) in [6, 6.07) is 15.6. The van der Waals surface area contributed by atoms with Crippen molar-refractivity contribution in [3.8, 4) is 0 Å². The Morgan fingerprint density at radius 3 is 1.78 bits per heavy atom. The molecule has 0 radical (unpaired) electrons. The lowest BCUT2D eigenvalue weighted by Gasteiger charge is -2.22. The Bertz CT molecular complexity index is 1510. The first-order chi connectivity index (χ1) is 22.1. The smallest absolute Gasteiger partial charge is 0.255 e. The molecule has 2 saturated carbocycles. The van der Waals surface area contributed by atoms with Crippen molar-refractivity contribution in [2.24, 2.45) is 11.8 Å². The molecule has 0 unspecified atom stereocenters. The highest BCUT2D eigenvalue weighted by Gasteiger charge is 2.20. The van der Waals surface area contributed by atoms with Crippen LogP contribution in [-0.4, -0.2) is 30.8 Å². The van der Waals surface area contributed by atoms with Crippen LogP contribution in [0.15, 0.2) is 54.6 Å². The van der Waals surface area contributed by atoms with Crippen LogP contribution in [-0.2, 0) is 0 Å². The first kappa shape index (κ1) is 35.3. The molecule has 0 atom stereocenters. The van der Waals surface area contributed by atoms with Crippen LogP contribution in [0.2, 0.25) is 10.0 Å². The summed E-state index contributed by atoms with van der Waals surface area (Å²) < 4.78 is 0. The second-order valence-electron chi connectivity index (χ2n) is 12.6. The molecule has 5 rings (SSSR count). The molecule has 0 aromatic heterocycles. The van der Waals surface area contributed by atoms with Gasteiger partial charge in [0, 0.05) is 34.4 Å². The number of benzene rings is 3. The van der Waals surface area contributed by atoms with Crippen molar-refractivity contribution in [3.63, 3.8) is 0 Å². The number of hydrogen-bond donors (Lipinski definition) is 4. The molecular weight excluding hydrogens is 619 g/mol. The molecule has 2 aliphatic rings. The minimum Gasteiger partial charge on any atom is -0.398 e. The number of nitrogens with two attached hydrogens (primary N) is 1. The van der Waals surface area contributed by atoms with Crippen molar-refractivity contribution in [2.75, 3.05) is 24.1 Å². The van der Waals surface area contributed by atoms with Crippen molar-refractivity contribution in [1.82, 2.24) is 10.6 Å². The molecule has 46 heavy (non-hydrogen) atoms. The summed E-state index contributed by atoms with van der Waals surface area (Å²) in [5.41, 5.74) is 10.2. The van der Waals surface area contributed by atoms with Crippen LogP contribution < -0.4 is 21.7 Å². The fraction of sp³-hybridized carbons (Fsp3) is 0.432. The van der Waals surface area contributed by atoms with E-state index in [4.69, 9.17) is 28.9 Å². The number of nitrogens with one attached hydrogen (secondary N) is 3. The Morgan fingerprint density at radius 2 is 1.20 bits per heavy atom. The van der Waals surface area contributed by atoms with Gasteiger partial charge in [0.25, 0.3) is 17.7 Å². The highest BCUT2D eigenvalue weighted by molar-refractivity contribution is 6.31. The van der Waals surface area contributed by atoms with Gasteiger partial charge in [0.1, 0.15) is 0 Å². The Hall–Kier alpha value is -3.55. The summed E-state index contributed by atoms with van der Waals surface area (Å²) in [7, 11) is 0. The fourth-order valence-corrected chi connectivity index (χ4v) is 6.52. The lowest BCUT2D eigenvalue weighted by Crippen LogP contribution is -2.31. The third-order valence-corrected chi connectivity index (χ3v) is 9.61. The minimum atomic E-state index is -0.232. The van der Waals surface area contributed by atoms with Gasteiger partial charge in [-0.05, 0) is 105 Å². The van der Waals surface area contributed by atoms with Crippen LogP contribution in [0.3, 0.4) is 0 Å². The number of aryl methyl sites for hydroxylation is 1. The summed E-state index contributed by atoms with van der Waals surface area (Å²) in [5.74, 6) is 0.586. The molecular formula is C37H46Cl2N4O3. The minimum absolute atomic E-state index is 0.124. The van der Waals surface area contributed by atoms with Crippen molar-refractivity contribution in [2.45, 2.75) is 78.1 Å². The number of hydrogen-bond acceptors (Lipinski definition) is 4. The summed E-state index contributed by atoms with van der Waals surface area (Å²) >= 11 is 12.0. The summed E-state index contributed by atoms with van der Waals surface area (Å²) in [6.07, 6.45) is 12.4. The average Bonchev–Trinajstić information content (AvgIpc) is 3.07. The second kappa shape index (κ2) is 17.4. The summed E-state index contributed by atoms with van der Waals surface area (Å²) in [5, 5.41) is 9.86. The van der Waals surface area contributed by atoms with Gasteiger partial charge in [0.15, 0.2) is 0 Å². The number of halogens is 2. The van der Waals surface area contributed by atoms with E-state index in [0.717, 1.165) is 30.5 Å². The third-order valence-electron chi connectivity index (χ3n) is 9.14. The average molecular weight is 666 g/mol. The lowest BCUT2D eigenvalue weighted by atomic mass is 9.89. The maximum absolute atomic E-state index is 12.8. The van der Waals surface area contributed by atoms with Crippen molar-refractivity contribution < 1.29 is 14.4 Å². The Labute approximate surface area is 283 Å². The van der Waals surface area contributed by atoms with E-state index in [1.807, 2.05) is 26.0 Å². The number of rotatable bonds is 8. The molecule has 0 saturated heterocycles. The number of nitrogen functional groups attached to an aromatic ring is 1. The Balaban J connectivity index is 0.000000230. The zero-order valence-electron chi connectivity index (χ0n) is 26.9. The predicted molar refractivity (Wildman–Crippen MR) is 189 cm³/mol. The van der Waals surface area contributed by atoms with Crippen LogP contribution in [0.1, 0.15) is 106 Å². The van der Waals surface area contributed by atoms with Gasteiger partial charge in [0.2, 0.25) is 0 Å². The molecule has 9 heteroatoms. The Morgan fingerprint density at radius 1 is 0.674 bits per heavy atom. The van der Waals surface area contributed by atoms with Crippen molar-refractivity contribution in [1.29, 1.82) is 0 Å². The van der Waals surface area contributed by atoms with Crippen LogP contribution >= 0.6 is 23.2 Å². The first-order valence-corrected chi connectivity index (χ1v) is 17.2. The molecule has 0 bridgehead atoms. The third kappa shape index (κ3) is 10.2. The van der Waals surface area contributed by atoms with Crippen molar-refractivity contribution >= 4 is 52.3 Å². The standard InChI is InChI=1S/C23H27ClN2O2.C14H19ClN2O/c1-15-7-6-10-19(16(15)2)23(28)26-21-12-11-18(24)13-20(21)22(27)25-14-17-8-4-3-5-9-17;15-11-6-7-13(16)12(8-11)14(18)17-9-10-4-2-1-3-5-10/h6-7,10-13,17H,3-5,8-9,14H2,1-2H3,(H,25,27)(H,26,28);6-8,10H,1-5,9,16H2,(H,17,18). The van der Waals surface area contributed by atoms with Crippen molar-refractivity contribution in [3.05, 3.63) is 92.5 Å². The maximum atomic E-state index is 12.8. The SMILES string of the molecule is Cc1cccc(C(=O)Nc2ccc(Cl)cc2C(=O)NCC2CCCCC2)c1C.Nc1ccc(Cl)cc1C(=O)NCC1CCCCC1. The van der Waals surface area contributed by atoms with Gasteiger partial charge in [-0.25, -0.2) is 0 Å². The van der Waals surface area contributed by atoms with Gasteiger partial charge in [-0.15, -0.1) is 0 Å². The van der Waals surface area contributed by atoms with E-state index < -0.39 is 0 Å². The largest absolute Gasteiger partial charge is 0.398 e. The monoisotopic (exact) mass is 664 g/mol. The number of anilines is 2. The van der Waals surface area contributed by atoms with Gasteiger partial charge in [0.05, 0.1) is 16.8 Å². The van der Waals surface area contributed by atoms with E-state index in [1.165, 1.54) is 51.4 Å². The molecule has 0 spiro atoms. The summed E-state index contributed by atoms with van der Waals surface area (Å²) in [6.45, 7) is 5.29. The highest BCUT2D eigenvalue weighted by atomic mass is 35.5. The number of carbonyl (C=O) groups excluding carboxylic acids is 3. The van der Waals surface area contributed by atoms with Gasteiger partial charge < -0.3 is 21.7 Å². The maximum Gasteiger partial charge on any atom is 0.255 e. The zero-order valence-corrected chi connectivity index (χ0v) is 28.4. The van der Waals surface area contributed by atoms with Crippen LogP contribution in [0.4, 0.5) is 11.4 Å². The number of amides is 3. The van der Waals surface area contributed by atoms with Crippen LogP contribution in [0.5, 0.6) is 0 Å². The molecule has 3 amide bonds. The predicted octanol–water partition coefficient (Wildman–Crippen LogP) is 8.75. The van der Waals surface area contributed by atoms with Gasteiger partial charge in [-0.1, -0.05) is 73.9 Å². The highest BCUT2D eigenvalue weighted by Crippen LogP contribution is 2.26. The fourth-order valence-electron chi connectivity index (χ4n) is 6.17. The molecule has 3 aromatic rings. The topological polar surface area (TPSA) is 113 Å².